The smallest absolute Gasteiger partial charge is 0.244 e. The number of carbonyl (C=O) groups excluding carboxylic acids is 1. The van der Waals surface area contributed by atoms with E-state index in [1.54, 1.807) is 18.2 Å². The van der Waals surface area contributed by atoms with E-state index in [0.29, 0.717) is 26.2 Å². The van der Waals surface area contributed by atoms with Crippen LogP contribution < -0.4 is 10.5 Å². The van der Waals surface area contributed by atoms with Gasteiger partial charge in [-0.3, -0.25) is 14.7 Å². The molecule has 0 saturated carbocycles. The van der Waals surface area contributed by atoms with Crippen molar-refractivity contribution < 1.29 is 21.6 Å². The van der Waals surface area contributed by atoms with Gasteiger partial charge in [-0.15, -0.1) is 0 Å². The van der Waals surface area contributed by atoms with Crippen molar-refractivity contribution in [2.75, 3.05) is 32.7 Å². The van der Waals surface area contributed by atoms with E-state index in [0.717, 1.165) is 5.56 Å². The first-order valence-electron chi connectivity index (χ1n) is 9.17. The van der Waals surface area contributed by atoms with Crippen LogP contribution in [0.2, 0.25) is 0 Å². The lowest BCUT2D eigenvalue weighted by molar-refractivity contribution is -0.122. The summed E-state index contributed by atoms with van der Waals surface area (Å²) in [6.07, 6.45) is 2.84. The lowest BCUT2D eigenvalue weighted by atomic mass is 10.2. The summed E-state index contributed by atoms with van der Waals surface area (Å²) in [6.45, 7) is 1.86. The van der Waals surface area contributed by atoms with Crippen LogP contribution in [-0.2, 0) is 31.4 Å². The highest BCUT2D eigenvalue weighted by molar-refractivity contribution is 7.89. The Morgan fingerprint density at radius 3 is 2.23 bits per heavy atom. The molecule has 3 rings (SSSR count). The zero-order chi connectivity index (χ0) is 21.8. The quantitative estimate of drug-likeness (QED) is 0.567. The predicted molar refractivity (Wildman–Crippen MR) is 109 cm³/mol. The Morgan fingerprint density at radius 2 is 1.67 bits per heavy atom. The number of pyridine rings is 1. The van der Waals surface area contributed by atoms with Crippen molar-refractivity contribution in [3.8, 4) is 0 Å². The standard InChI is InChI=1S/C18H23N5O5S2/c19-29(25,26)16-5-3-15(4-6-16)12-21-18(24)14-22-8-10-23(11-9-22)30(27,28)17-2-1-7-20-13-17/h1-7,13H,8-12,14H2,(H,21,24)(H2,19,25,26). The van der Waals surface area contributed by atoms with Crippen molar-refractivity contribution in [3.05, 3.63) is 54.4 Å². The minimum absolute atomic E-state index is 0.0108. The fraction of sp³-hybridized carbons (Fsp3) is 0.333. The van der Waals surface area contributed by atoms with Gasteiger partial charge >= 0.3 is 0 Å². The summed E-state index contributed by atoms with van der Waals surface area (Å²) in [5.74, 6) is -0.200. The summed E-state index contributed by atoms with van der Waals surface area (Å²) < 4.78 is 49.1. The van der Waals surface area contributed by atoms with Crippen LogP contribution in [0.25, 0.3) is 0 Å². The summed E-state index contributed by atoms with van der Waals surface area (Å²) in [4.78, 5) is 18.1. The number of benzene rings is 1. The molecule has 1 aliphatic heterocycles. The fourth-order valence-corrected chi connectivity index (χ4v) is 4.94. The Kier molecular flexibility index (Phi) is 6.83. The van der Waals surface area contributed by atoms with E-state index >= 15 is 0 Å². The highest BCUT2D eigenvalue weighted by Gasteiger charge is 2.29. The van der Waals surface area contributed by atoms with Gasteiger partial charge in [0.05, 0.1) is 11.4 Å². The van der Waals surface area contributed by atoms with Crippen molar-refractivity contribution >= 4 is 26.0 Å². The molecule has 3 N–H and O–H groups in total. The van der Waals surface area contributed by atoms with Gasteiger partial charge in [0.15, 0.2) is 0 Å². The van der Waals surface area contributed by atoms with Crippen molar-refractivity contribution in [1.29, 1.82) is 0 Å². The Morgan fingerprint density at radius 1 is 1.00 bits per heavy atom. The molecule has 12 heteroatoms. The maximum absolute atomic E-state index is 12.6. The lowest BCUT2D eigenvalue weighted by Crippen LogP contribution is -2.50. The number of primary sulfonamides is 1. The first-order valence-corrected chi connectivity index (χ1v) is 12.2. The fourth-order valence-electron chi connectivity index (χ4n) is 3.03. The minimum Gasteiger partial charge on any atom is -0.351 e. The van der Waals surface area contributed by atoms with Crippen LogP contribution in [0.3, 0.4) is 0 Å². The Balaban J connectivity index is 1.46. The van der Waals surface area contributed by atoms with Crippen molar-refractivity contribution in [1.82, 2.24) is 19.5 Å². The second-order valence-corrected chi connectivity index (χ2v) is 10.3. The predicted octanol–water partition coefficient (Wildman–Crippen LogP) is -0.648. The molecule has 0 aliphatic carbocycles. The molecule has 1 amide bonds. The SMILES string of the molecule is NS(=O)(=O)c1ccc(CNC(=O)CN2CCN(S(=O)(=O)c3cccnc3)CC2)cc1. The van der Waals surface area contributed by atoms with E-state index in [-0.39, 0.29) is 28.8 Å². The van der Waals surface area contributed by atoms with Gasteiger partial charge in [0, 0.05) is 45.1 Å². The maximum Gasteiger partial charge on any atom is 0.244 e. The number of amides is 1. The lowest BCUT2D eigenvalue weighted by Gasteiger charge is -2.33. The molecule has 0 radical (unpaired) electrons. The third-order valence-corrected chi connectivity index (χ3v) is 7.52. The molecule has 30 heavy (non-hydrogen) atoms. The first kappa shape index (κ1) is 22.3. The Bertz CT molecular complexity index is 1080. The molecule has 162 valence electrons. The monoisotopic (exact) mass is 453 g/mol. The first-order chi connectivity index (χ1) is 14.2. The Labute approximate surface area is 175 Å². The van der Waals surface area contributed by atoms with Crippen molar-refractivity contribution in [2.24, 2.45) is 5.14 Å². The number of aromatic nitrogens is 1. The maximum atomic E-state index is 12.6. The largest absolute Gasteiger partial charge is 0.351 e. The van der Waals surface area contributed by atoms with Crippen molar-refractivity contribution in [2.45, 2.75) is 16.3 Å². The summed E-state index contributed by atoms with van der Waals surface area (Å²) in [5, 5.41) is 7.83. The van der Waals surface area contributed by atoms with Crippen LogP contribution in [0.1, 0.15) is 5.56 Å². The number of piperazine rings is 1. The number of nitrogens with one attached hydrogen (secondary N) is 1. The molecule has 1 aromatic carbocycles. The number of hydrogen-bond acceptors (Lipinski definition) is 7. The highest BCUT2D eigenvalue weighted by atomic mass is 32.2. The Hall–Kier alpha value is -2.38. The summed E-state index contributed by atoms with van der Waals surface area (Å²) in [6, 6.07) is 9.04. The summed E-state index contributed by atoms with van der Waals surface area (Å²) in [5.41, 5.74) is 0.739. The molecule has 1 aromatic heterocycles. The third-order valence-electron chi connectivity index (χ3n) is 4.71. The molecular formula is C18H23N5O5S2. The van der Waals surface area contributed by atoms with Crippen molar-refractivity contribution in [3.63, 3.8) is 0 Å². The van der Waals surface area contributed by atoms with Crippen LogP contribution >= 0.6 is 0 Å². The molecule has 0 unspecified atom stereocenters. The second-order valence-electron chi connectivity index (χ2n) is 6.83. The van der Waals surface area contributed by atoms with E-state index in [9.17, 15) is 21.6 Å². The van der Waals surface area contributed by atoms with Gasteiger partial charge in [-0.1, -0.05) is 12.1 Å². The number of carbonyl (C=O) groups is 1. The molecule has 0 bridgehead atoms. The van der Waals surface area contributed by atoms with E-state index in [1.807, 2.05) is 4.90 Å². The number of nitrogens with two attached hydrogens (primary N) is 1. The molecule has 2 heterocycles. The topological polar surface area (TPSA) is 143 Å². The van der Waals surface area contributed by atoms with Crippen LogP contribution in [-0.4, -0.2) is 69.7 Å². The highest BCUT2D eigenvalue weighted by Crippen LogP contribution is 2.16. The normalized spacial score (nSPS) is 16.3. The van der Waals surface area contributed by atoms with Crippen LogP contribution in [0.4, 0.5) is 0 Å². The van der Waals surface area contributed by atoms with Crippen LogP contribution in [0, 0.1) is 0 Å². The summed E-state index contributed by atoms with van der Waals surface area (Å²) >= 11 is 0. The average molecular weight is 454 g/mol. The zero-order valence-corrected chi connectivity index (χ0v) is 17.8. The molecular weight excluding hydrogens is 430 g/mol. The van der Waals surface area contributed by atoms with E-state index in [2.05, 4.69) is 10.3 Å². The third kappa shape index (κ3) is 5.61. The average Bonchev–Trinajstić information content (AvgIpc) is 2.73. The van der Waals surface area contributed by atoms with Gasteiger partial charge in [0.1, 0.15) is 4.90 Å². The zero-order valence-electron chi connectivity index (χ0n) is 16.1. The minimum atomic E-state index is -3.75. The summed E-state index contributed by atoms with van der Waals surface area (Å²) in [7, 11) is -7.33. The molecule has 0 spiro atoms. The molecule has 1 saturated heterocycles. The molecule has 1 aliphatic rings. The van der Waals surface area contributed by atoms with Crippen LogP contribution in [0.15, 0.2) is 58.6 Å². The van der Waals surface area contributed by atoms with Gasteiger partial charge in [-0.25, -0.2) is 22.0 Å². The molecule has 2 aromatic rings. The van der Waals surface area contributed by atoms with E-state index in [1.165, 1.54) is 34.9 Å². The molecule has 0 atom stereocenters. The second kappa shape index (κ2) is 9.18. The number of hydrogen-bond donors (Lipinski definition) is 2. The molecule has 10 nitrogen and oxygen atoms in total. The van der Waals surface area contributed by atoms with E-state index < -0.39 is 20.0 Å². The number of sulfonamides is 2. The van der Waals surface area contributed by atoms with Gasteiger partial charge in [0.25, 0.3) is 0 Å². The van der Waals surface area contributed by atoms with Gasteiger partial charge < -0.3 is 5.32 Å². The number of nitrogens with zero attached hydrogens (tertiary/aromatic N) is 3. The van der Waals surface area contributed by atoms with Gasteiger partial charge in [0.2, 0.25) is 26.0 Å². The van der Waals surface area contributed by atoms with Gasteiger partial charge in [-0.2, -0.15) is 4.31 Å². The van der Waals surface area contributed by atoms with Gasteiger partial charge in [-0.05, 0) is 29.8 Å². The van der Waals surface area contributed by atoms with E-state index in [4.69, 9.17) is 5.14 Å². The van der Waals surface area contributed by atoms with Crippen LogP contribution in [0.5, 0.6) is 0 Å². The number of rotatable bonds is 7. The molecule has 1 fully saturated rings.